The first kappa shape index (κ1) is 14.4. The smallest absolute Gasteiger partial charge is 0.325 e. The van der Waals surface area contributed by atoms with E-state index in [2.05, 4.69) is 5.32 Å². The number of nitro groups is 1. The van der Waals surface area contributed by atoms with Crippen molar-refractivity contribution in [3.63, 3.8) is 0 Å². The van der Waals surface area contributed by atoms with E-state index >= 15 is 0 Å². The van der Waals surface area contributed by atoms with Gasteiger partial charge in [-0.2, -0.15) is 0 Å². The largest absolute Gasteiger partial charge is 0.480 e. The molecule has 0 aliphatic rings. The van der Waals surface area contributed by atoms with Crippen LogP contribution >= 0.6 is 0 Å². The minimum absolute atomic E-state index is 0.0820. The second kappa shape index (κ2) is 6.29. The second-order valence-electron chi connectivity index (χ2n) is 3.75. The highest BCUT2D eigenvalue weighted by molar-refractivity contribution is 5.94. The Morgan fingerprint density at radius 2 is 2.16 bits per heavy atom. The van der Waals surface area contributed by atoms with Crippen LogP contribution in [0, 0.1) is 10.1 Å². The highest BCUT2D eigenvalue weighted by atomic mass is 16.6. The molecule has 2 N–H and O–H groups in total. The minimum atomic E-state index is -1.14. The lowest BCUT2D eigenvalue weighted by Gasteiger charge is -2.05. The van der Waals surface area contributed by atoms with Gasteiger partial charge < -0.3 is 10.4 Å². The fraction of sp³-hybridized carbons (Fsp3) is 0.167. The highest BCUT2D eigenvalue weighted by Gasteiger charge is 2.11. The number of benzene rings is 1. The first-order valence-corrected chi connectivity index (χ1v) is 5.36. The van der Waals surface area contributed by atoms with Crippen molar-refractivity contribution in [3.05, 3.63) is 46.0 Å². The molecule has 1 aromatic carbocycles. The number of nitro benzene ring substituents is 1. The van der Waals surface area contributed by atoms with Gasteiger partial charge in [-0.15, -0.1) is 0 Å². The fourth-order valence-electron chi connectivity index (χ4n) is 1.24. The molecular formula is C12H12N2O5. The number of amides is 1. The first-order valence-electron chi connectivity index (χ1n) is 5.36. The predicted octanol–water partition coefficient (Wildman–Crippen LogP) is 1.20. The van der Waals surface area contributed by atoms with Crippen molar-refractivity contribution in [2.24, 2.45) is 0 Å². The van der Waals surface area contributed by atoms with Gasteiger partial charge in [-0.05, 0) is 18.6 Å². The molecule has 0 aromatic heterocycles. The average Bonchev–Trinajstić information content (AvgIpc) is 2.36. The number of carboxylic acid groups (broad SMARTS) is 1. The number of rotatable bonds is 5. The van der Waals surface area contributed by atoms with Gasteiger partial charge >= 0.3 is 5.97 Å². The van der Waals surface area contributed by atoms with E-state index in [1.54, 1.807) is 6.07 Å². The molecular weight excluding hydrogens is 252 g/mol. The third-order valence-electron chi connectivity index (χ3n) is 2.24. The van der Waals surface area contributed by atoms with E-state index in [1.165, 1.54) is 31.2 Å². The standard InChI is InChI=1S/C12H12N2O5/c1-8(12(16)17)13-11(15)6-5-9-3-2-4-10(7-9)14(18)19/h2-8H,1H3,(H,13,15)(H,16,17)/b6-5+/t8-/m1/s1. The number of carboxylic acids is 1. The summed E-state index contributed by atoms with van der Waals surface area (Å²) in [4.78, 5) is 31.9. The Balaban J connectivity index is 2.71. The number of carbonyl (C=O) groups is 2. The van der Waals surface area contributed by atoms with Crippen molar-refractivity contribution in [3.8, 4) is 0 Å². The summed E-state index contributed by atoms with van der Waals surface area (Å²) in [5.41, 5.74) is 0.397. The van der Waals surface area contributed by atoms with Crippen LogP contribution in [0.25, 0.3) is 6.08 Å². The molecule has 0 saturated heterocycles. The van der Waals surface area contributed by atoms with E-state index in [-0.39, 0.29) is 5.69 Å². The van der Waals surface area contributed by atoms with E-state index in [9.17, 15) is 19.7 Å². The predicted molar refractivity (Wildman–Crippen MR) is 67.4 cm³/mol. The van der Waals surface area contributed by atoms with Gasteiger partial charge in [0.25, 0.3) is 5.69 Å². The zero-order chi connectivity index (χ0) is 14.4. The van der Waals surface area contributed by atoms with Crippen molar-refractivity contribution in [2.75, 3.05) is 0 Å². The number of nitrogens with one attached hydrogen (secondary N) is 1. The van der Waals surface area contributed by atoms with Crippen LogP contribution in [-0.4, -0.2) is 27.9 Å². The maximum atomic E-state index is 11.4. The topological polar surface area (TPSA) is 110 Å². The quantitative estimate of drug-likeness (QED) is 0.471. The third-order valence-corrected chi connectivity index (χ3v) is 2.24. The summed E-state index contributed by atoms with van der Waals surface area (Å²) in [6.45, 7) is 1.33. The van der Waals surface area contributed by atoms with Gasteiger partial charge in [0.1, 0.15) is 6.04 Å². The van der Waals surface area contributed by atoms with E-state index < -0.39 is 22.8 Å². The molecule has 0 heterocycles. The number of hydrogen-bond acceptors (Lipinski definition) is 4. The fourth-order valence-corrected chi connectivity index (χ4v) is 1.24. The summed E-state index contributed by atoms with van der Waals surface area (Å²) < 4.78 is 0. The number of hydrogen-bond donors (Lipinski definition) is 2. The molecule has 1 rings (SSSR count). The molecule has 0 saturated carbocycles. The summed E-state index contributed by atoms with van der Waals surface area (Å²) in [6, 6.07) is 4.74. The van der Waals surface area contributed by atoms with Crippen LogP contribution < -0.4 is 5.32 Å². The van der Waals surface area contributed by atoms with E-state index in [4.69, 9.17) is 5.11 Å². The summed E-state index contributed by atoms with van der Waals surface area (Å²) in [6.07, 6.45) is 2.50. The van der Waals surface area contributed by atoms with Gasteiger partial charge in [0.15, 0.2) is 0 Å². The third kappa shape index (κ3) is 4.58. The summed E-state index contributed by atoms with van der Waals surface area (Å²) >= 11 is 0. The minimum Gasteiger partial charge on any atom is -0.480 e. The molecule has 0 bridgehead atoms. The van der Waals surface area contributed by atoms with Crippen molar-refractivity contribution in [2.45, 2.75) is 13.0 Å². The van der Waals surface area contributed by atoms with Crippen molar-refractivity contribution in [1.82, 2.24) is 5.32 Å². The van der Waals surface area contributed by atoms with Crippen LogP contribution in [0.1, 0.15) is 12.5 Å². The number of aliphatic carboxylic acids is 1. The summed E-state index contributed by atoms with van der Waals surface area (Å²) in [5, 5.41) is 21.4. The van der Waals surface area contributed by atoms with Crippen LogP contribution in [0.3, 0.4) is 0 Å². The molecule has 100 valence electrons. The van der Waals surface area contributed by atoms with Gasteiger partial charge in [0, 0.05) is 18.2 Å². The van der Waals surface area contributed by atoms with Crippen LogP contribution in [0.5, 0.6) is 0 Å². The molecule has 19 heavy (non-hydrogen) atoms. The monoisotopic (exact) mass is 264 g/mol. The molecule has 7 nitrogen and oxygen atoms in total. The van der Waals surface area contributed by atoms with Crippen molar-refractivity contribution < 1.29 is 19.6 Å². The molecule has 7 heteroatoms. The molecule has 0 spiro atoms. The maximum Gasteiger partial charge on any atom is 0.325 e. The average molecular weight is 264 g/mol. The van der Waals surface area contributed by atoms with Crippen molar-refractivity contribution in [1.29, 1.82) is 0 Å². The molecule has 0 radical (unpaired) electrons. The van der Waals surface area contributed by atoms with Crippen LogP contribution in [0.15, 0.2) is 30.3 Å². The first-order chi connectivity index (χ1) is 8.90. The molecule has 0 aliphatic heterocycles. The second-order valence-corrected chi connectivity index (χ2v) is 3.75. The maximum absolute atomic E-state index is 11.4. The zero-order valence-corrected chi connectivity index (χ0v) is 10.1. The Bertz CT molecular complexity index is 539. The number of non-ortho nitro benzene ring substituents is 1. The SMILES string of the molecule is C[C@@H](NC(=O)/C=C/c1cccc([N+](=O)[O-])c1)C(=O)O. The molecule has 0 fully saturated rings. The van der Waals surface area contributed by atoms with Crippen molar-refractivity contribution >= 4 is 23.6 Å². The van der Waals surface area contributed by atoms with E-state index in [1.807, 2.05) is 0 Å². The number of carbonyl (C=O) groups excluding carboxylic acids is 1. The lowest BCUT2D eigenvalue weighted by Crippen LogP contribution is -2.37. The Labute approximate surface area is 108 Å². The van der Waals surface area contributed by atoms with Gasteiger partial charge in [-0.1, -0.05) is 12.1 Å². The molecule has 1 aromatic rings. The molecule has 0 aliphatic carbocycles. The highest BCUT2D eigenvalue weighted by Crippen LogP contribution is 2.13. The van der Waals surface area contributed by atoms with E-state index in [0.717, 1.165) is 6.08 Å². The van der Waals surface area contributed by atoms with Gasteiger partial charge in [-0.3, -0.25) is 19.7 Å². The number of nitrogens with zero attached hydrogens (tertiary/aromatic N) is 1. The molecule has 0 unspecified atom stereocenters. The zero-order valence-electron chi connectivity index (χ0n) is 10.1. The van der Waals surface area contributed by atoms with Gasteiger partial charge in [-0.25, -0.2) is 0 Å². The Morgan fingerprint density at radius 1 is 1.47 bits per heavy atom. The van der Waals surface area contributed by atoms with E-state index in [0.29, 0.717) is 5.56 Å². The molecule has 1 amide bonds. The lowest BCUT2D eigenvalue weighted by atomic mass is 10.2. The molecule has 1 atom stereocenters. The Morgan fingerprint density at radius 3 is 2.74 bits per heavy atom. The van der Waals surface area contributed by atoms with Crippen LogP contribution in [0.2, 0.25) is 0 Å². The van der Waals surface area contributed by atoms with Gasteiger partial charge in [0.05, 0.1) is 4.92 Å². The summed E-state index contributed by atoms with van der Waals surface area (Å²) in [5.74, 6) is -1.72. The Hall–Kier alpha value is -2.70. The lowest BCUT2D eigenvalue weighted by molar-refractivity contribution is -0.384. The Kier molecular flexibility index (Phi) is 4.76. The van der Waals surface area contributed by atoms with Crippen LogP contribution in [0.4, 0.5) is 5.69 Å². The summed E-state index contributed by atoms with van der Waals surface area (Å²) in [7, 11) is 0. The van der Waals surface area contributed by atoms with Crippen LogP contribution in [-0.2, 0) is 9.59 Å². The van der Waals surface area contributed by atoms with Gasteiger partial charge in [0.2, 0.25) is 5.91 Å². The normalized spacial score (nSPS) is 12.1.